The summed E-state index contributed by atoms with van der Waals surface area (Å²) in [4.78, 5) is 60.1. The minimum atomic E-state index is -0.255. The maximum Gasteiger partial charge on any atom is 0.254 e. The number of likely N-dealkylation sites (tertiary alicyclic amines) is 1. The van der Waals surface area contributed by atoms with Crippen LogP contribution in [-0.2, 0) is 27.3 Å². The zero-order valence-electron chi connectivity index (χ0n) is 15.2. The van der Waals surface area contributed by atoms with E-state index in [1.54, 1.807) is 11.8 Å². The Morgan fingerprint density at radius 1 is 1.15 bits per heavy atom. The molecule has 2 bridgehead atoms. The Morgan fingerprint density at radius 3 is 2.48 bits per heavy atom. The number of nitrogens with one attached hydrogen (secondary N) is 1. The van der Waals surface area contributed by atoms with Gasteiger partial charge in [-0.25, -0.2) is 4.98 Å². The largest absolute Gasteiger partial charge is 0.335 e. The standard InChI is InChI=1S/C19H22N4O4/c1-9-20-13-7-22(5-4-12(13)17(25)21-9)14(24)8-23-18(26)15-10-2-3-11(6-10)16(15)19(23)27/h10-11,15-16H,2-8H2,1H3,(H,20,21,25)/t10-,11-,15-,16-/m0/s1. The minimum Gasteiger partial charge on any atom is -0.335 e. The predicted octanol–water partition coefficient (Wildman–Crippen LogP) is -0.00588. The Bertz CT molecular complexity index is 895. The molecule has 1 saturated heterocycles. The lowest BCUT2D eigenvalue weighted by Gasteiger charge is -2.29. The summed E-state index contributed by atoms with van der Waals surface area (Å²) in [6.07, 6.45) is 3.46. The Hall–Kier alpha value is -2.51. The van der Waals surface area contributed by atoms with Gasteiger partial charge >= 0.3 is 0 Å². The third-order valence-electron chi connectivity index (χ3n) is 6.86. The Labute approximate surface area is 155 Å². The summed E-state index contributed by atoms with van der Waals surface area (Å²) in [5, 5.41) is 0. The summed E-state index contributed by atoms with van der Waals surface area (Å²) >= 11 is 0. The number of carbonyl (C=O) groups excluding carboxylic acids is 3. The van der Waals surface area contributed by atoms with E-state index in [0.717, 1.165) is 19.3 Å². The van der Waals surface area contributed by atoms with Gasteiger partial charge in [0, 0.05) is 12.1 Å². The highest BCUT2D eigenvalue weighted by Gasteiger charge is 2.61. The number of hydrogen-bond donors (Lipinski definition) is 1. The van der Waals surface area contributed by atoms with Gasteiger partial charge in [0.2, 0.25) is 17.7 Å². The number of carbonyl (C=O) groups is 3. The second-order valence-electron chi connectivity index (χ2n) is 8.29. The van der Waals surface area contributed by atoms with E-state index in [0.29, 0.717) is 41.9 Å². The van der Waals surface area contributed by atoms with Crippen LogP contribution >= 0.6 is 0 Å². The van der Waals surface area contributed by atoms with Crippen LogP contribution in [0.5, 0.6) is 0 Å². The predicted molar refractivity (Wildman–Crippen MR) is 93.2 cm³/mol. The molecule has 8 heteroatoms. The molecule has 142 valence electrons. The molecule has 3 amide bonds. The summed E-state index contributed by atoms with van der Waals surface area (Å²) in [6.45, 7) is 2.15. The minimum absolute atomic E-state index is 0.155. The van der Waals surface area contributed by atoms with Crippen molar-refractivity contribution in [3.63, 3.8) is 0 Å². The fourth-order valence-corrected chi connectivity index (χ4v) is 5.64. The summed E-state index contributed by atoms with van der Waals surface area (Å²) in [6, 6.07) is 0. The number of imide groups is 1. The summed E-state index contributed by atoms with van der Waals surface area (Å²) < 4.78 is 0. The third-order valence-corrected chi connectivity index (χ3v) is 6.86. The van der Waals surface area contributed by atoms with Gasteiger partial charge in [0.05, 0.1) is 24.1 Å². The van der Waals surface area contributed by atoms with Crippen LogP contribution in [0, 0.1) is 30.6 Å². The first kappa shape index (κ1) is 16.6. The van der Waals surface area contributed by atoms with E-state index in [-0.39, 0.29) is 48.2 Å². The van der Waals surface area contributed by atoms with Crippen molar-refractivity contribution in [1.82, 2.24) is 19.8 Å². The van der Waals surface area contributed by atoms with Gasteiger partial charge in [-0.3, -0.25) is 24.1 Å². The van der Waals surface area contributed by atoms with Crippen LogP contribution in [0.3, 0.4) is 0 Å². The quantitative estimate of drug-likeness (QED) is 0.738. The van der Waals surface area contributed by atoms with Crippen LogP contribution in [0.25, 0.3) is 0 Å². The van der Waals surface area contributed by atoms with Gasteiger partial charge in [-0.1, -0.05) is 0 Å². The molecule has 0 radical (unpaired) electrons. The molecule has 0 aromatic carbocycles. The average Bonchev–Trinajstić information content (AvgIpc) is 3.31. The second-order valence-corrected chi connectivity index (χ2v) is 8.29. The molecule has 4 atom stereocenters. The smallest absolute Gasteiger partial charge is 0.254 e. The first-order chi connectivity index (χ1) is 12.9. The molecule has 1 N–H and O–H groups in total. The van der Waals surface area contributed by atoms with E-state index in [2.05, 4.69) is 9.97 Å². The van der Waals surface area contributed by atoms with Gasteiger partial charge in [0.25, 0.3) is 5.56 Å². The SMILES string of the molecule is Cc1nc2c(c(=O)[nH]1)CCN(C(=O)CN1C(=O)[C@H]3[C@H]4CC[C@@H](C4)[C@@H]3C1=O)C2. The number of nitrogens with zero attached hydrogens (tertiary/aromatic N) is 3. The zero-order valence-corrected chi connectivity index (χ0v) is 15.2. The van der Waals surface area contributed by atoms with Gasteiger partial charge in [-0.05, 0) is 44.4 Å². The highest BCUT2D eigenvalue weighted by Crippen LogP contribution is 2.56. The van der Waals surface area contributed by atoms with Crippen molar-refractivity contribution >= 4 is 17.7 Å². The third kappa shape index (κ3) is 2.38. The number of amides is 3. The highest BCUT2D eigenvalue weighted by molar-refractivity contribution is 6.08. The fourth-order valence-electron chi connectivity index (χ4n) is 5.64. The van der Waals surface area contributed by atoms with Crippen molar-refractivity contribution in [3.8, 4) is 0 Å². The second kappa shape index (κ2) is 5.74. The maximum atomic E-state index is 12.8. The van der Waals surface area contributed by atoms with E-state index in [1.165, 1.54) is 4.90 Å². The van der Waals surface area contributed by atoms with Crippen LogP contribution in [0.15, 0.2) is 4.79 Å². The topological polar surface area (TPSA) is 103 Å². The molecular weight excluding hydrogens is 348 g/mol. The number of aromatic nitrogens is 2. The molecule has 2 saturated carbocycles. The molecule has 2 aliphatic heterocycles. The zero-order chi connectivity index (χ0) is 18.9. The van der Waals surface area contributed by atoms with Crippen molar-refractivity contribution in [2.24, 2.45) is 23.7 Å². The van der Waals surface area contributed by atoms with E-state index in [9.17, 15) is 19.2 Å². The van der Waals surface area contributed by atoms with Crippen molar-refractivity contribution in [1.29, 1.82) is 0 Å². The number of H-pyrrole nitrogens is 1. The molecule has 4 aliphatic rings. The van der Waals surface area contributed by atoms with E-state index >= 15 is 0 Å². The lowest BCUT2D eigenvalue weighted by Crippen LogP contribution is -2.46. The number of aryl methyl sites for hydroxylation is 1. The molecule has 3 fully saturated rings. The van der Waals surface area contributed by atoms with Crippen LogP contribution < -0.4 is 5.56 Å². The monoisotopic (exact) mass is 370 g/mol. The van der Waals surface area contributed by atoms with Gasteiger partial charge in [0.15, 0.2) is 0 Å². The lowest BCUT2D eigenvalue weighted by atomic mass is 9.81. The number of aromatic amines is 1. The van der Waals surface area contributed by atoms with Crippen molar-refractivity contribution in [3.05, 3.63) is 27.4 Å². The van der Waals surface area contributed by atoms with E-state index < -0.39 is 0 Å². The maximum absolute atomic E-state index is 12.8. The molecule has 2 aliphatic carbocycles. The summed E-state index contributed by atoms with van der Waals surface area (Å²) in [5.74, 6) is 0.176. The van der Waals surface area contributed by atoms with Gasteiger partial charge in [0.1, 0.15) is 12.4 Å². The average molecular weight is 370 g/mol. The summed E-state index contributed by atoms with van der Waals surface area (Å²) in [7, 11) is 0. The number of fused-ring (bicyclic) bond motifs is 6. The molecule has 0 unspecified atom stereocenters. The fraction of sp³-hybridized carbons (Fsp3) is 0.632. The molecule has 1 aromatic heterocycles. The first-order valence-corrected chi connectivity index (χ1v) is 9.65. The van der Waals surface area contributed by atoms with Crippen LogP contribution in [-0.4, -0.2) is 50.6 Å². The van der Waals surface area contributed by atoms with Crippen LogP contribution in [0.1, 0.15) is 36.3 Å². The van der Waals surface area contributed by atoms with Crippen molar-refractivity contribution < 1.29 is 14.4 Å². The summed E-state index contributed by atoms with van der Waals surface area (Å²) in [5.41, 5.74) is 1.06. The molecule has 0 spiro atoms. The molecule has 3 heterocycles. The van der Waals surface area contributed by atoms with Crippen molar-refractivity contribution in [2.75, 3.05) is 13.1 Å². The molecule has 1 aromatic rings. The molecule has 27 heavy (non-hydrogen) atoms. The van der Waals surface area contributed by atoms with E-state index in [1.807, 2.05) is 0 Å². The number of hydrogen-bond acceptors (Lipinski definition) is 5. The van der Waals surface area contributed by atoms with Gasteiger partial charge in [-0.2, -0.15) is 0 Å². The normalized spacial score (nSPS) is 31.4. The van der Waals surface area contributed by atoms with E-state index in [4.69, 9.17) is 0 Å². The van der Waals surface area contributed by atoms with Crippen LogP contribution in [0.4, 0.5) is 0 Å². The molecule has 5 rings (SSSR count). The molecular formula is C19H22N4O4. The van der Waals surface area contributed by atoms with Gasteiger partial charge < -0.3 is 9.88 Å². The van der Waals surface area contributed by atoms with Crippen LogP contribution in [0.2, 0.25) is 0 Å². The highest BCUT2D eigenvalue weighted by atomic mass is 16.2. The number of rotatable bonds is 2. The Balaban J connectivity index is 1.32. The Morgan fingerprint density at radius 2 is 1.81 bits per heavy atom. The Kier molecular flexibility index (Phi) is 3.54. The lowest BCUT2D eigenvalue weighted by molar-refractivity contribution is -0.147. The van der Waals surface area contributed by atoms with Gasteiger partial charge in [-0.15, -0.1) is 0 Å². The van der Waals surface area contributed by atoms with Crippen molar-refractivity contribution in [2.45, 2.75) is 39.2 Å². The first-order valence-electron chi connectivity index (χ1n) is 9.65. The molecule has 8 nitrogen and oxygen atoms in total.